The Labute approximate surface area is 116 Å². The second kappa shape index (κ2) is 4.83. The summed E-state index contributed by atoms with van der Waals surface area (Å²) in [7, 11) is 0. The summed E-state index contributed by atoms with van der Waals surface area (Å²) in [6.45, 7) is 4.07. The van der Waals surface area contributed by atoms with Crippen LogP contribution in [0, 0.1) is 5.92 Å². The zero-order chi connectivity index (χ0) is 12.6. The lowest BCUT2D eigenvalue weighted by atomic mass is 10.1. The smallest absolute Gasteiger partial charge is 0.192 e. The van der Waals surface area contributed by atoms with E-state index in [0.717, 1.165) is 28.3 Å². The molecule has 2 fully saturated rings. The van der Waals surface area contributed by atoms with Crippen molar-refractivity contribution in [2.45, 2.75) is 25.6 Å². The van der Waals surface area contributed by atoms with E-state index in [-0.39, 0.29) is 0 Å². The zero-order valence-electron chi connectivity index (χ0n) is 10.4. The summed E-state index contributed by atoms with van der Waals surface area (Å²) in [4.78, 5) is 0. The molecule has 1 saturated heterocycles. The van der Waals surface area contributed by atoms with Gasteiger partial charge in [0.1, 0.15) is 5.75 Å². The van der Waals surface area contributed by atoms with E-state index in [9.17, 15) is 0 Å². The molecule has 3 nitrogen and oxygen atoms in total. The maximum atomic E-state index is 5.78. The molecule has 0 aromatic heterocycles. The van der Waals surface area contributed by atoms with Crippen molar-refractivity contribution >= 4 is 15.9 Å². The molecule has 18 heavy (non-hydrogen) atoms. The van der Waals surface area contributed by atoms with Gasteiger partial charge in [0.25, 0.3) is 0 Å². The van der Waals surface area contributed by atoms with Crippen molar-refractivity contribution in [3.63, 3.8) is 0 Å². The Morgan fingerprint density at radius 2 is 2.06 bits per heavy atom. The lowest BCUT2D eigenvalue weighted by molar-refractivity contribution is -0.149. The van der Waals surface area contributed by atoms with Crippen LogP contribution in [0.2, 0.25) is 0 Å². The van der Waals surface area contributed by atoms with Crippen LogP contribution in [-0.4, -0.2) is 19.8 Å². The molecule has 0 unspecified atom stereocenters. The Morgan fingerprint density at radius 3 is 2.67 bits per heavy atom. The molecule has 1 heterocycles. The average Bonchev–Trinajstić information content (AvgIpc) is 3.08. The van der Waals surface area contributed by atoms with Gasteiger partial charge in [-0.05, 0) is 59.8 Å². The minimum atomic E-state index is -0.614. The third-order valence-corrected chi connectivity index (χ3v) is 4.09. The first kappa shape index (κ1) is 12.5. The summed E-state index contributed by atoms with van der Waals surface area (Å²) >= 11 is 3.55. The van der Waals surface area contributed by atoms with Crippen molar-refractivity contribution < 1.29 is 14.2 Å². The minimum Gasteiger partial charge on any atom is -0.492 e. The average molecular weight is 313 g/mol. The molecule has 98 valence electrons. The van der Waals surface area contributed by atoms with Crippen LogP contribution in [0.1, 0.15) is 25.3 Å². The first-order valence-corrected chi connectivity index (χ1v) is 7.17. The summed E-state index contributed by atoms with van der Waals surface area (Å²) in [5.41, 5.74) is 1.02. The van der Waals surface area contributed by atoms with Gasteiger partial charge in [-0.15, -0.1) is 0 Å². The van der Waals surface area contributed by atoms with Gasteiger partial charge in [0, 0.05) is 5.56 Å². The molecular weight excluding hydrogens is 296 g/mol. The van der Waals surface area contributed by atoms with Crippen molar-refractivity contribution in [2.75, 3.05) is 19.8 Å². The van der Waals surface area contributed by atoms with Gasteiger partial charge in [-0.2, -0.15) is 0 Å². The van der Waals surface area contributed by atoms with Crippen LogP contribution in [-0.2, 0) is 15.3 Å². The van der Waals surface area contributed by atoms with E-state index < -0.39 is 5.79 Å². The standard InChI is InChI=1S/C14H17BrO3/c1-14(17-6-7-18-14)11-4-5-13(12(15)8-11)16-9-10-2-3-10/h4-5,8,10H,2-3,6-7,9H2,1H3. The quantitative estimate of drug-likeness (QED) is 0.852. The van der Waals surface area contributed by atoms with Crippen LogP contribution in [0.15, 0.2) is 22.7 Å². The lowest BCUT2D eigenvalue weighted by Crippen LogP contribution is -2.22. The maximum absolute atomic E-state index is 5.78. The largest absolute Gasteiger partial charge is 0.492 e. The monoisotopic (exact) mass is 312 g/mol. The van der Waals surface area contributed by atoms with E-state index in [1.807, 2.05) is 25.1 Å². The maximum Gasteiger partial charge on any atom is 0.192 e. The van der Waals surface area contributed by atoms with Crippen LogP contribution < -0.4 is 4.74 Å². The number of rotatable bonds is 4. The van der Waals surface area contributed by atoms with Gasteiger partial charge >= 0.3 is 0 Å². The molecule has 0 amide bonds. The molecule has 0 atom stereocenters. The number of hydrogen-bond donors (Lipinski definition) is 0. The molecule has 4 heteroatoms. The first-order valence-electron chi connectivity index (χ1n) is 6.38. The van der Waals surface area contributed by atoms with E-state index in [1.54, 1.807) is 0 Å². The predicted molar refractivity (Wildman–Crippen MR) is 71.6 cm³/mol. The highest BCUT2D eigenvalue weighted by atomic mass is 79.9. The number of ether oxygens (including phenoxy) is 3. The second-order valence-electron chi connectivity index (χ2n) is 5.04. The molecular formula is C14H17BrO3. The van der Waals surface area contributed by atoms with E-state index in [4.69, 9.17) is 14.2 Å². The third kappa shape index (κ3) is 2.56. The van der Waals surface area contributed by atoms with Gasteiger partial charge in [-0.1, -0.05) is 0 Å². The number of benzene rings is 1. The Balaban J connectivity index is 1.74. The summed E-state index contributed by atoms with van der Waals surface area (Å²) in [5, 5.41) is 0. The molecule has 2 aliphatic rings. The molecule has 1 aromatic rings. The van der Waals surface area contributed by atoms with Crippen LogP contribution in [0.5, 0.6) is 5.75 Å². The molecule has 1 saturated carbocycles. The van der Waals surface area contributed by atoms with Crippen molar-refractivity contribution in [3.8, 4) is 5.75 Å². The van der Waals surface area contributed by atoms with Gasteiger partial charge in [0.15, 0.2) is 5.79 Å². The number of halogens is 1. The molecule has 1 aliphatic carbocycles. The number of hydrogen-bond acceptors (Lipinski definition) is 3. The summed E-state index contributed by atoms with van der Waals surface area (Å²) < 4.78 is 18.0. The van der Waals surface area contributed by atoms with Crippen LogP contribution >= 0.6 is 15.9 Å². The zero-order valence-corrected chi connectivity index (χ0v) is 12.0. The molecule has 0 N–H and O–H groups in total. The summed E-state index contributed by atoms with van der Waals surface area (Å²) in [6, 6.07) is 6.02. The minimum absolute atomic E-state index is 0.614. The molecule has 0 radical (unpaired) electrons. The van der Waals surface area contributed by atoms with E-state index in [1.165, 1.54) is 12.8 Å². The van der Waals surface area contributed by atoms with E-state index in [2.05, 4.69) is 15.9 Å². The molecule has 3 rings (SSSR count). The van der Waals surface area contributed by atoms with E-state index in [0.29, 0.717) is 13.2 Å². The molecule has 0 spiro atoms. The van der Waals surface area contributed by atoms with Crippen molar-refractivity contribution in [1.82, 2.24) is 0 Å². The second-order valence-corrected chi connectivity index (χ2v) is 5.90. The Hall–Kier alpha value is -0.580. The third-order valence-electron chi connectivity index (χ3n) is 3.47. The van der Waals surface area contributed by atoms with Gasteiger partial charge < -0.3 is 14.2 Å². The van der Waals surface area contributed by atoms with Crippen LogP contribution in [0.4, 0.5) is 0 Å². The topological polar surface area (TPSA) is 27.7 Å². The fourth-order valence-electron chi connectivity index (χ4n) is 2.07. The summed E-state index contributed by atoms with van der Waals surface area (Å²) in [6.07, 6.45) is 2.60. The molecule has 1 aromatic carbocycles. The van der Waals surface area contributed by atoms with Crippen molar-refractivity contribution in [1.29, 1.82) is 0 Å². The van der Waals surface area contributed by atoms with Crippen LogP contribution in [0.25, 0.3) is 0 Å². The first-order chi connectivity index (χ1) is 8.67. The fraction of sp³-hybridized carbons (Fsp3) is 0.571. The fourth-order valence-corrected chi connectivity index (χ4v) is 2.57. The van der Waals surface area contributed by atoms with Gasteiger partial charge in [0.2, 0.25) is 0 Å². The SMILES string of the molecule is CC1(c2ccc(OCC3CC3)c(Br)c2)OCCO1. The highest BCUT2D eigenvalue weighted by molar-refractivity contribution is 9.10. The van der Waals surface area contributed by atoms with Gasteiger partial charge in [-0.25, -0.2) is 0 Å². The molecule has 1 aliphatic heterocycles. The Bertz CT molecular complexity index is 437. The van der Waals surface area contributed by atoms with Crippen molar-refractivity contribution in [2.24, 2.45) is 5.92 Å². The normalized spacial score (nSPS) is 22.1. The Kier molecular flexibility index (Phi) is 3.34. The predicted octanol–water partition coefficient (Wildman–Crippen LogP) is 3.46. The highest BCUT2D eigenvalue weighted by Crippen LogP contribution is 2.36. The molecule has 0 bridgehead atoms. The van der Waals surface area contributed by atoms with Gasteiger partial charge in [0.05, 0.1) is 24.3 Å². The highest BCUT2D eigenvalue weighted by Gasteiger charge is 2.33. The Morgan fingerprint density at radius 1 is 1.33 bits per heavy atom. The summed E-state index contributed by atoms with van der Waals surface area (Å²) in [5.74, 6) is 1.04. The lowest BCUT2D eigenvalue weighted by Gasteiger charge is -2.23. The van der Waals surface area contributed by atoms with Crippen molar-refractivity contribution in [3.05, 3.63) is 28.2 Å². The van der Waals surface area contributed by atoms with Crippen LogP contribution in [0.3, 0.4) is 0 Å². The van der Waals surface area contributed by atoms with Gasteiger partial charge in [-0.3, -0.25) is 0 Å². The van der Waals surface area contributed by atoms with E-state index >= 15 is 0 Å².